The fourth-order valence-electron chi connectivity index (χ4n) is 7.78. The van der Waals surface area contributed by atoms with Crippen LogP contribution in [0.4, 0.5) is 0 Å². The van der Waals surface area contributed by atoms with E-state index < -0.39 is 69.7 Å². The van der Waals surface area contributed by atoms with Crippen LogP contribution in [0, 0.1) is 34.5 Å². The van der Waals surface area contributed by atoms with E-state index in [0.29, 0.717) is 24.2 Å². The van der Waals surface area contributed by atoms with E-state index in [2.05, 4.69) is 0 Å². The quantitative estimate of drug-likeness (QED) is 0.395. The maximum atomic E-state index is 13.4. The van der Waals surface area contributed by atoms with Crippen LogP contribution in [0.25, 0.3) is 0 Å². The Bertz CT molecular complexity index is 1020. The van der Waals surface area contributed by atoms with Crippen LogP contribution >= 0.6 is 0 Å². The van der Waals surface area contributed by atoms with E-state index in [1.165, 1.54) is 14.0 Å². The van der Waals surface area contributed by atoms with Crippen LogP contribution in [0.5, 0.6) is 0 Å². The molecule has 3 aliphatic rings. The van der Waals surface area contributed by atoms with Crippen molar-refractivity contribution in [2.45, 2.75) is 98.4 Å². The van der Waals surface area contributed by atoms with Gasteiger partial charge >= 0.3 is 17.9 Å². The molecule has 8 unspecified atom stereocenters. The standard InChI is InChI=1S/C28H42O9/c1-14-22(32)21(24(33)35-9)16(3)26(7)13-28(37-23(14)26)15(2)18(36-17(4)29)12-19(25(5,6)34)27(28,8)11-10-20(30)31/h15-16,18-19,21,34H,10-13H2,1-9H3,(H,30,31). The third kappa shape index (κ3) is 4.37. The molecule has 0 radical (unpaired) electrons. The topological polar surface area (TPSA) is 136 Å². The molecule has 9 heteroatoms. The molecule has 3 rings (SSSR count). The number of ketones is 1. The SMILES string of the molecule is COC(=O)C1C(=O)C(C)=C2OC3(CC2(C)C1C)C(C)C(OC(C)=O)CC(C(C)(C)O)C3(C)CCC(=O)O. The second-order valence-corrected chi connectivity index (χ2v) is 12.4. The Balaban J connectivity index is 2.28. The summed E-state index contributed by atoms with van der Waals surface area (Å²) in [6.45, 7) is 14.0. The van der Waals surface area contributed by atoms with Crippen molar-refractivity contribution in [1.82, 2.24) is 0 Å². The molecule has 1 spiro atoms. The average molecular weight is 523 g/mol. The van der Waals surface area contributed by atoms with Crippen molar-refractivity contribution in [1.29, 1.82) is 0 Å². The molecule has 0 amide bonds. The molecule has 0 aromatic carbocycles. The largest absolute Gasteiger partial charge is 0.490 e. The zero-order chi connectivity index (χ0) is 28.3. The Morgan fingerprint density at radius 3 is 2.24 bits per heavy atom. The summed E-state index contributed by atoms with van der Waals surface area (Å²) in [7, 11) is 1.26. The number of carbonyl (C=O) groups excluding carboxylic acids is 3. The number of rotatable bonds is 6. The van der Waals surface area contributed by atoms with E-state index in [-0.39, 0.29) is 18.6 Å². The minimum absolute atomic E-state index is 0.146. The number of allylic oxidation sites excluding steroid dienone is 2. The molecule has 0 aromatic heterocycles. The van der Waals surface area contributed by atoms with Gasteiger partial charge in [-0.2, -0.15) is 0 Å². The smallest absolute Gasteiger partial charge is 0.316 e. The molecule has 208 valence electrons. The summed E-state index contributed by atoms with van der Waals surface area (Å²) >= 11 is 0. The van der Waals surface area contributed by atoms with Gasteiger partial charge in [-0.1, -0.05) is 27.7 Å². The lowest BCUT2D eigenvalue weighted by Gasteiger charge is -2.61. The second-order valence-electron chi connectivity index (χ2n) is 12.4. The Labute approximate surface area is 218 Å². The first-order valence-electron chi connectivity index (χ1n) is 13.0. The number of fused-ring (bicyclic) bond motifs is 1. The van der Waals surface area contributed by atoms with Crippen molar-refractivity contribution in [3.63, 3.8) is 0 Å². The predicted octanol–water partition coefficient (Wildman–Crippen LogP) is 3.66. The third-order valence-electron chi connectivity index (χ3n) is 9.91. The predicted molar refractivity (Wildman–Crippen MR) is 133 cm³/mol. The van der Waals surface area contributed by atoms with E-state index in [9.17, 15) is 29.4 Å². The molecular formula is C28H42O9. The fraction of sp³-hybridized carbons (Fsp3) is 0.786. The van der Waals surface area contributed by atoms with Gasteiger partial charge in [0, 0.05) is 42.1 Å². The van der Waals surface area contributed by atoms with E-state index in [1.807, 2.05) is 27.7 Å². The second kappa shape index (κ2) is 9.40. The van der Waals surface area contributed by atoms with Crippen LogP contribution in [0.15, 0.2) is 11.3 Å². The third-order valence-corrected chi connectivity index (χ3v) is 9.91. The summed E-state index contributed by atoms with van der Waals surface area (Å²) in [5.41, 5.74) is -3.63. The number of aliphatic hydroxyl groups is 1. The van der Waals surface area contributed by atoms with Crippen LogP contribution in [-0.4, -0.2) is 58.3 Å². The van der Waals surface area contributed by atoms with Gasteiger partial charge < -0.3 is 24.4 Å². The number of ether oxygens (including phenoxy) is 3. The monoisotopic (exact) mass is 522 g/mol. The molecule has 1 saturated carbocycles. The van der Waals surface area contributed by atoms with Crippen molar-refractivity contribution in [2.75, 3.05) is 7.11 Å². The van der Waals surface area contributed by atoms with Crippen LogP contribution in [0.1, 0.15) is 81.1 Å². The molecular weight excluding hydrogens is 480 g/mol. The minimum Gasteiger partial charge on any atom is -0.490 e. The highest BCUT2D eigenvalue weighted by Crippen LogP contribution is 2.69. The number of esters is 2. The van der Waals surface area contributed by atoms with Gasteiger partial charge in [0.15, 0.2) is 5.78 Å². The number of Topliss-reactive ketones (excluding diaryl/α,β-unsaturated/α-hetero) is 1. The molecule has 8 atom stereocenters. The van der Waals surface area contributed by atoms with Crippen LogP contribution in [0.2, 0.25) is 0 Å². The number of carbonyl (C=O) groups is 4. The first-order chi connectivity index (χ1) is 16.9. The summed E-state index contributed by atoms with van der Waals surface area (Å²) in [6, 6.07) is 0. The van der Waals surface area contributed by atoms with Gasteiger partial charge in [-0.25, -0.2) is 0 Å². The number of hydrogen-bond donors (Lipinski definition) is 2. The van der Waals surface area contributed by atoms with E-state index in [1.54, 1.807) is 20.8 Å². The zero-order valence-electron chi connectivity index (χ0n) is 23.5. The summed E-state index contributed by atoms with van der Waals surface area (Å²) in [5, 5.41) is 21.0. The van der Waals surface area contributed by atoms with Crippen molar-refractivity contribution < 1.29 is 43.6 Å². The molecule has 2 aliphatic carbocycles. The van der Waals surface area contributed by atoms with Crippen LogP contribution in [0.3, 0.4) is 0 Å². The number of carboxylic acid groups (broad SMARTS) is 1. The fourth-order valence-corrected chi connectivity index (χ4v) is 7.78. The normalized spacial score (nSPS) is 39.7. The van der Waals surface area contributed by atoms with Gasteiger partial charge in [0.05, 0.1) is 12.7 Å². The summed E-state index contributed by atoms with van der Waals surface area (Å²) in [6.07, 6.45) is 0.154. The van der Waals surface area contributed by atoms with Crippen molar-refractivity contribution in [3.05, 3.63) is 11.3 Å². The van der Waals surface area contributed by atoms with E-state index in [0.717, 1.165) is 0 Å². The number of methoxy groups -OCH3 is 1. The van der Waals surface area contributed by atoms with Crippen LogP contribution < -0.4 is 0 Å². The number of aliphatic carboxylic acids is 1. The molecule has 1 heterocycles. The first kappa shape index (κ1) is 29.1. The lowest BCUT2D eigenvalue weighted by molar-refractivity contribution is -0.238. The van der Waals surface area contributed by atoms with Crippen molar-refractivity contribution >= 4 is 23.7 Å². The van der Waals surface area contributed by atoms with Gasteiger partial charge in [0.25, 0.3) is 0 Å². The Morgan fingerprint density at radius 2 is 1.76 bits per heavy atom. The lowest BCUT2D eigenvalue weighted by Crippen LogP contribution is -2.66. The van der Waals surface area contributed by atoms with Crippen molar-refractivity contribution in [3.8, 4) is 0 Å². The first-order valence-corrected chi connectivity index (χ1v) is 13.0. The van der Waals surface area contributed by atoms with E-state index in [4.69, 9.17) is 14.2 Å². The Morgan fingerprint density at radius 1 is 1.16 bits per heavy atom. The molecule has 0 bridgehead atoms. The Kier molecular flexibility index (Phi) is 7.40. The van der Waals surface area contributed by atoms with E-state index >= 15 is 0 Å². The molecule has 1 saturated heterocycles. The number of hydrogen-bond acceptors (Lipinski definition) is 8. The Hall–Kier alpha value is -2.42. The van der Waals surface area contributed by atoms with Gasteiger partial charge in [-0.05, 0) is 45.4 Å². The average Bonchev–Trinajstić information content (AvgIpc) is 3.12. The molecule has 1 aliphatic heterocycles. The molecule has 9 nitrogen and oxygen atoms in total. The highest BCUT2D eigenvalue weighted by atomic mass is 16.6. The molecule has 2 N–H and O–H groups in total. The molecule has 0 aromatic rings. The highest BCUT2D eigenvalue weighted by molar-refractivity contribution is 6.09. The van der Waals surface area contributed by atoms with Gasteiger partial charge in [0.2, 0.25) is 0 Å². The maximum absolute atomic E-state index is 13.4. The van der Waals surface area contributed by atoms with Crippen LogP contribution in [-0.2, 0) is 33.4 Å². The van der Waals surface area contributed by atoms with Gasteiger partial charge in [0.1, 0.15) is 23.4 Å². The highest BCUT2D eigenvalue weighted by Gasteiger charge is 2.72. The van der Waals surface area contributed by atoms with Gasteiger partial charge in [-0.15, -0.1) is 0 Å². The van der Waals surface area contributed by atoms with Gasteiger partial charge in [-0.3, -0.25) is 19.2 Å². The molecule has 37 heavy (non-hydrogen) atoms. The zero-order valence-corrected chi connectivity index (χ0v) is 23.5. The maximum Gasteiger partial charge on any atom is 0.316 e. The number of carboxylic acids is 1. The minimum atomic E-state index is -1.25. The summed E-state index contributed by atoms with van der Waals surface area (Å²) < 4.78 is 17.7. The summed E-state index contributed by atoms with van der Waals surface area (Å²) in [5.74, 6) is -4.23. The lowest BCUT2D eigenvalue weighted by atomic mass is 9.46. The molecule has 2 fully saturated rings. The summed E-state index contributed by atoms with van der Waals surface area (Å²) in [4.78, 5) is 49.9. The van der Waals surface area contributed by atoms with Crippen molar-refractivity contribution in [2.24, 2.45) is 34.5 Å².